The highest BCUT2D eigenvalue weighted by molar-refractivity contribution is 5.73. The molecule has 6 heteroatoms. The molecule has 0 aliphatic carbocycles. The van der Waals surface area contributed by atoms with E-state index in [1.54, 1.807) is 13.0 Å². The molecule has 0 fully saturated rings. The number of aliphatic carboxylic acids is 1. The molecule has 0 aliphatic heterocycles. The highest BCUT2D eigenvalue weighted by Gasteiger charge is 2.15. The highest BCUT2D eigenvalue weighted by atomic mass is 16.6. The predicted molar refractivity (Wildman–Crippen MR) is 57.1 cm³/mol. The molecule has 0 aromatic heterocycles. The Bertz CT molecular complexity index is 431. The van der Waals surface area contributed by atoms with Crippen LogP contribution < -0.4 is 5.73 Å². The summed E-state index contributed by atoms with van der Waals surface area (Å²) in [6.45, 7) is 1.61. The Balaban J connectivity index is 2.89. The monoisotopic (exact) mass is 224 g/mol. The first kappa shape index (κ1) is 12.1. The predicted octanol–water partition coefficient (Wildman–Crippen LogP) is 0.858. The van der Waals surface area contributed by atoms with Crippen molar-refractivity contribution in [1.29, 1.82) is 0 Å². The lowest BCUT2D eigenvalue weighted by Gasteiger charge is -2.07. The maximum absolute atomic E-state index is 10.6. The molecule has 0 aliphatic rings. The van der Waals surface area contributed by atoms with Crippen LogP contribution in [0.1, 0.15) is 11.1 Å². The fraction of sp³-hybridized carbons (Fsp3) is 0.300. The van der Waals surface area contributed by atoms with Crippen molar-refractivity contribution >= 4 is 11.7 Å². The van der Waals surface area contributed by atoms with Crippen molar-refractivity contribution in [3.63, 3.8) is 0 Å². The van der Waals surface area contributed by atoms with Gasteiger partial charge in [0.05, 0.1) is 4.92 Å². The number of hydrogen-bond acceptors (Lipinski definition) is 4. The molecule has 1 aromatic rings. The number of nitro groups is 1. The van der Waals surface area contributed by atoms with Gasteiger partial charge in [-0.05, 0) is 25.0 Å². The van der Waals surface area contributed by atoms with E-state index in [-0.39, 0.29) is 12.1 Å². The topological polar surface area (TPSA) is 106 Å². The second-order valence-electron chi connectivity index (χ2n) is 3.53. The molecule has 16 heavy (non-hydrogen) atoms. The van der Waals surface area contributed by atoms with Crippen molar-refractivity contribution in [1.82, 2.24) is 0 Å². The summed E-state index contributed by atoms with van der Waals surface area (Å²) in [4.78, 5) is 20.6. The average molecular weight is 224 g/mol. The Kier molecular flexibility index (Phi) is 3.57. The number of carbonyl (C=O) groups is 1. The van der Waals surface area contributed by atoms with Gasteiger partial charge in [-0.15, -0.1) is 0 Å². The van der Waals surface area contributed by atoms with Crippen LogP contribution in [0.25, 0.3) is 0 Å². The van der Waals surface area contributed by atoms with Crippen LogP contribution in [0, 0.1) is 17.0 Å². The summed E-state index contributed by atoms with van der Waals surface area (Å²) < 4.78 is 0. The molecular weight excluding hydrogens is 212 g/mol. The quantitative estimate of drug-likeness (QED) is 0.582. The van der Waals surface area contributed by atoms with E-state index >= 15 is 0 Å². The average Bonchev–Trinajstić information content (AvgIpc) is 2.16. The summed E-state index contributed by atoms with van der Waals surface area (Å²) in [6.07, 6.45) is 0.161. The number of nitro benzene ring substituents is 1. The lowest BCUT2D eigenvalue weighted by molar-refractivity contribution is -0.385. The summed E-state index contributed by atoms with van der Waals surface area (Å²) in [7, 11) is 0. The molecular formula is C10H12N2O4. The molecule has 0 spiro atoms. The van der Waals surface area contributed by atoms with Crippen molar-refractivity contribution < 1.29 is 14.8 Å². The second-order valence-corrected chi connectivity index (χ2v) is 3.53. The number of hydrogen-bond donors (Lipinski definition) is 2. The molecule has 0 amide bonds. The normalized spacial score (nSPS) is 12.1. The Hall–Kier alpha value is -1.95. The first-order valence-corrected chi connectivity index (χ1v) is 4.64. The zero-order valence-corrected chi connectivity index (χ0v) is 8.71. The van der Waals surface area contributed by atoms with Gasteiger partial charge in [-0.1, -0.05) is 6.07 Å². The number of nitrogens with zero attached hydrogens (tertiary/aromatic N) is 1. The molecule has 3 N–H and O–H groups in total. The zero-order valence-electron chi connectivity index (χ0n) is 8.71. The van der Waals surface area contributed by atoms with Gasteiger partial charge in [-0.2, -0.15) is 0 Å². The summed E-state index contributed by atoms with van der Waals surface area (Å²) in [5.41, 5.74) is 6.56. The third-order valence-corrected chi connectivity index (χ3v) is 2.23. The Labute approximate surface area is 91.8 Å². The Morgan fingerprint density at radius 2 is 2.25 bits per heavy atom. The number of carboxylic acid groups (broad SMARTS) is 1. The molecule has 6 nitrogen and oxygen atoms in total. The molecule has 1 atom stereocenters. The fourth-order valence-electron chi connectivity index (χ4n) is 1.39. The maximum Gasteiger partial charge on any atom is 0.320 e. The van der Waals surface area contributed by atoms with E-state index in [9.17, 15) is 14.9 Å². The third kappa shape index (κ3) is 2.77. The van der Waals surface area contributed by atoms with Gasteiger partial charge in [-0.3, -0.25) is 14.9 Å². The smallest absolute Gasteiger partial charge is 0.320 e. The standard InChI is InChI=1S/C10H12N2O4/c1-6-4-7(5-8(11)10(13)14)2-3-9(6)12(15)16/h2-4,8H,5,11H2,1H3,(H,13,14). The first-order chi connectivity index (χ1) is 7.41. The van der Waals surface area contributed by atoms with E-state index in [2.05, 4.69) is 0 Å². The first-order valence-electron chi connectivity index (χ1n) is 4.64. The van der Waals surface area contributed by atoms with Crippen molar-refractivity contribution in [3.8, 4) is 0 Å². The highest BCUT2D eigenvalue weighted by Crippen LogP contribution is 2.19. The molecule has 1 rings (SSSR count). The van der Waals surface area contributed by atoms with Gasteiger partial charge >= 0.3 is 5.97 Å². The fourth-order valence-corrected chi connectivity index (χ4v) is 1.39. The van der Waals surface area contributed by atoms with Gasteiger partial charge in [0.1, 0.15) is 6.04 Å². The van der Waals surface area contributed by atoms with Gasteiger partial charge in [-0.25, -0.2) is 0 Å². The summed E-state index contributed by atoms with van der Waals surface area (Å²) in [5.74, 6) is -1.09. The number of benzene rings is 1. The molecule has 86 valence electrons. The van der Waals surface area contributed by atoms with Crippen LogP contribution in [0.15, 0.2) is 18.2 Å². The van der Waals surface area contributed by atoms with E-state index in [1.807, 2.05) is 0 Å². The van der Waals surface area contributed by atoms with Crippen LogP contribution in [0.2, 0.25) is 0 Å². The third-order valence-electron chi connectivity index (χ3n) is 2.23. The van der Waals surface area contributed by atoms with Crippen molar-refractivity contribution in [2.75, 3.05) is 0 Å². The van der Waals surface area contributed by atoms with Crippen LogP contribution in [-0.2, 0) is 11.2 Å². The van der Waals surface area contributed by atoms with Gasteiger partial charge in [0.15, 0.2) is 0 Å². The SMILES string of the molecule is Cc1cc(CC(N)C(=O)O)ccc1[N+](=O)[O-]. The number of rotatable bonds is 4. The van der Waals surface area contributed by atoms with E-state index in [0.29, 0.717) is 11.1 Å². The van der Waals surface area contributed by atoms with Gasteiger partial charge in [0.2, 0.25) is 0 Å². The van der Waals surface area contributed by atoms with E-state index < -0.39 is 16.9 Å². The van der Waals surface area contributed by atoms with Crippen LogP contribution in [0.5, 0.6) is 0 Å². The van der Waals surface area contributed by atoms with Crippen molar-refractivity contribution in [3.05, 3.63) is 39.4 Å². The summed E-state index contributed by atoms with van der Waals surface area (Å²) in [6, 6.07) is 3.48. The lowest BCUT2D eigenvalue weighted by Crippen LogP contribution is -2.32. The molecule has 0 heterocycles. The molecule has 0 saturated carbocycles. The lowest BCUT2D eigenvalue weighted by atomic mass is 10.0. The Morgan fingerprint density at radius 3 is 2.69 bits per heavy atom. The van der Waals surface area contributed by atoms with Crippen LogP contribution >= 0.6 is 0 Å². The molecule has 1 unspecified atom stereocenters. The van der Waals surface area contributed by atoms with E-state index in [1.165, 1.54) is 12.1 Å². The molecule has 0 bridgehead atoms. The van der Waals surface area contributed by atoms with Crippen LogP contribution in [0.4, 0.5) is 5.69 Å². The number of carboxylic acids is 1. The van der Waals surface area contributed by atoms with Gasteiger partial charge < -0.3 is 10.8 Å². The van der Waals surface area contributed by atoms with E-state index in [0.717, 1.165) is 0 Å². The zero-order chi connectivity index (χ0) is 12.3. The maximum atomic E-state index is 10.6. The van der Waals surface area contributed by atoms with Crippen molar-refractivity contribution in [2.45, 2.75) is 19.4 Å². The largest absolute Gasteiger partial charge is 0.480 e. The summed E-state index contributed by atoms with van der Waals surface area (Å²) >= 11 is 0. The summed E-state index contributed by atoms with van der Waals surface area (Å²) in [5, 5.41) is 19.2. The minimum Gasteiger partial charge on any atom is -0.480 e. The van der Waals surface area contributed by atoms with Crippen LogP contribution in [-0.4, -0.2) is 22.0 Å². The van der Waals surface area contributed by atoms with Gasteiger partial charge in [0.25, 0.3) is 5.69 Å². The molecule has 0 radical (unpaired) electrons. The molecule has 0 saturated heterocycles. The minimum absolute atomic E-state index is 0.0210. The van der Waals surface area contributed by atoms with Crippen molar-refractivity contribution in [2.24, 2.45) is 5.73 Å². The van der Waals surface area contributed by atoms with E-state index in [4.69, 9.17) is 10.8 Å². The Morgan fingerprint density at radius 1 is 1.62 bits per heavy atom. The minimum atomic E-state index is -1.09. The van der Waals surface area contributed by atoms with Crippen LogP contribution in [0.3, 0.4) is 0 Å². The second kappa shape index (κ2) is 4.71. The molecule has 1 aromatic carbocycles. The number of nitrogens with two attached hydrogens (primary N) is 1. The van der Waals surface area contributed by atoms with Gasteiger partial charge in [0, 0.05) is 11.6 Å². The number of aryl methyl sites for hydroxylation is 1.